The van der Waals surface area contributed by atoms with Crippen molar-refractivity contribution in [1.82, 2.24) is 10.6 Å². The van der Waals surface area contributed by atoms with E-state index in [-0.39, 0.29) is 5.91 Å². The second kappa shape index (κ2) is 5.50. The molecule has 1 saturated heterocycles. The summed E-state index contributed by atoms with van der Waals surface area (Å²) in [4.78, 5) is 11.5. The zero-order chi connectivity index (χ0) is 11.3. The fourth-order valence-electron chi connectivity index (χ4n) is 1.80. The van der Waals surface area contributed by atoms with Gasteiger partial charge in [-0.3, -0.25) is 4.79 Å². The Labute approximate surface area is 93.0 Å². The average Bonchev–Trinajstić information content (AvgIpc) is 2.54. The number of carbonyl (C=O) groups is 1. The van der Waals surface area contributed by atoms with Crippen LogP contribution in [0.25, 0.3) is 0 Å². The quantitative estimate of drug-likeness (QED) is 0.744. The van der Waals surface area contributed by atoms with Gasteiger partial charge in [-0.25, -0.2) is 0 Å². The molecule has 0 aromatic rings. The molecule has 0 bridgehead atoms. The summed E-state index contributed by atoms with van der Waals surface area (Å²) >= 11 is 0. The fraction of sp³-hybridized carbons (Fsp3) is 0.917. The molecule has 0 saturated carbocycles. The van der Waals surface area contributed by atoms with Gasteiger partial charge in [0.1, 0.15) is 0 Å². The third kappa shape index (κ3) is 5.78. The van der Waals surface area contributed by atoms with Gasteiger partial charge in [-0.15, -0.1) is 0 Å². The van der Waals surface area contributed by atoms with Crippen LogP contribution in [-0.4, -0.2) is 25.0 Å². The van der Waals surface area contributed by atoms with E-state index in [0.717, 1.165) is 25.9 Å². The zero-order valence-corrected chi connectivity index (χ0v) is 10.2. The van der Waals surface area contributed by atoms with E-state index in [2.05, 4.69) is 31.4 Å². The molecule has 3 nitrogen and oxygen atoms in total. The summed E-state index contributed by atoms with van der Waals surface area (Å²) in [7, 11) is 0. The van der Waals surface area contributed by atoms with E-state index in [0.29, 0.717) is 17.9 Å². The van der Waals surface area contributed by atoms with Gasteiger partial charge in [-0.1, -0.05) is 20.8 Å². The molecule has 0 aromatic carbocycles. The minimum absolute atomic E-state index is 0.193. The average molecular weight is 212 g/mol. The van der Waals surface area contributed by atoms with Crippen LogP contribution in [0, 0.1) is 5.41 Å². The zero-order valence-electron chi connectivity index (χ0n) is 10.2. The van der Waals surface area contributed by atoms with E-state index >= 15 is 0 Å². The molecule has 1 aliphatic rings. The smallest absolute Gasteiger partial charge is 0.221 e. The lowest BCUT2D eigenvalue weighted by Gasteiger charge is -2.18. The second-order valence-corrected chi connectivity index (χ2v) is 5.66. The highest BCUT2D eigenvalue weighted by Crippen LogP contribution is 2.17. The molecule has 1 amide bonds. The van der Waals surface area contributed by atoms with Gasteiger partial charge in [-0.05, 0) is 31.2 Å². The minimum Gasteiger partial charge on any atom is -0.356 e. The van der Waals surface area contributed by atoms with E-state index in [9.17, 15) is 4.79 Å². The molecule has 1 unspecified atom stereocenters. The third-order valence-corrected chi connectivity index (χ3v) is 2.79. The van der Waals surface area contributed by atoms with Crippen LogP contribution < -0.4 is 10.6 Å². The van der Waals surface area contributed by atoms with E-state index in [1.54, 1.807) is 0 Å². The Hall–Kier alpha value is -0.570. The van der Waals surface area contributed by atoms with Gasteiger partial charge in [0.05, 0.1) is 0 Å². The Morgan fingerprint density at radius 3 is 2.73 bits per heavy atom. The molecular formula is C12H24N2O. The Bertz CT molecular complexity index is 202. The summed E-state index contributed by atoms with van der Waals surface area (Å²) in [6, 6.07) is 0.416. The second-order valence-electron chi connectivity index (χ2n) is 5.66. The molecule has 1 aliphatic heterocycles. The van der Waals surface area contributed by atoms with Crippen molar-refractivity contribution in [2.75, 3.05) is 13.1 Å². The maximum Gasteiger partial charge on any atom is 0.221 e. The molecule has 1 atom stereocenters. The SMILES string of the molecule is CC(C)(C)CCNC(=O)CC1CCCN1. The lowest BCUT2D eigenvalue weighted by molar-refractivity contribution is -0.121. The predicted molar refractivity (Wildman–Crippen MR) is 62.7 cm³/mol. The van der Waals surface area contributed by atoms with Crippen LogP contribution in [0.2, 0.25) is 0 Å². The van der Waals surface area contributed by atoms with Crippen molar-refractivity contribution in [2.45, 2.75) is 52.5 Å². The van der Waals surface area contributed by atoms with Crippen molar-refractivity contribution in [1.29, 1.82) is 0 Å². The standard InChI is InChI=1S/C12H24N2O/c1-12(2,3)6-8-14-11(15)9-10-5-4-7-13-10/h10,13H,4-9H2,1-3H3,(H,14,15). The molecular weight excluding hydrogens is 188 g/mol. The van der Waals surface area contributed by atoms with Gasteiger partial charge in [0.15, 0.2) is 0 Å². The summed E-state index contributed by atoms with van der Waals surface area (Å²) in [6.45, 7) is 8.45. The van der Waals surface area contributed by atoms with Gasteiger partial charge in [0.25, 0.3) is 0 Å². The van der Waals surface area contributed by atoms with Crippen molar-refractivity contribution in [3.05, 3.63) is 0 Å². The van der Waals surface area contributed by atoms with Crippen molar-refractivity contribution < 1.29 is 4.79 Å². The fourth-order valence-corrected chi connectivity index (χ4v) is 1.80. The van der Waals surface area contributed by atoms with Gasteiger partial charge >= 0.3 is 0 Å². The number of amides is 1. The first-order valence-corrected chi connectivity index (χ1v) is 5.97. The lowest BCUT2D eigenvalue weighted by Crippen LogP contribution is -2.33. The molecule has 0 radical (unpaired) electrons. The molecule has 1 heterocycles. The topological polar surface area (TPSA) is 41.1 Å². The van der Waals surface area contributed by atoms with E-state index in [1.165, 1.54) is 6.42 Å². The third-order valence-electron chi connectivity index (χ3n) is 2.79. The number of carbonyl (C=O) groups excluding carboxylic acids is 1. The molecule has 88 valence electrons. The molecule has 1 rings (SSSR count). The van der Waals surface area contributed by atoms with E-state index < -0.39 is 0 Å². The van der Waals surface area contributed by atoms with Gasteiger partial charge < -0.3 is 10.6 Å². The molecule has 1 fully saturated rings. The highest BCUT2D eigenvalue weighted by atomic mass is 16.1. The van der Waals surface area contributed by atoms with Gasteiger partial charge in [0, 0.05) is 19.0 Å². The maximum absolute atomic E-state index is 11.5. The molecule has 0 aliphatic carbocycles. The highest BCUT2D eigenvalue weighted by molar-refractivity contribution is 5.76. The summed E-state index contributed by atoms with van der Waals surface area (Å²) in [5.41, 5.74) is 0.304. The van der Waals surface area contributed by atoms with Crippen LogP contribution in [0.3, 0.4) is 0 Å². The van der Waals surface area contributed by atoms with Crippen molar-refractivity contribution in [3.8, 4) is 0 Å². The first-order valence-electron chi connectivity index (χ1n) is 5.97. The summed E-state index contributed by atoms with van der Waals surface area (Å²) < 4.78 is 0. The largest absolute Gasteiger partial charge is 0.356 e. The van der Waals surface area contributed by atoms with Crippen LogP contribution >= 0.6 is 0 Å². The highest BCUT2D eigenvalue weighted by Gasteiger charge is 2.17. The maximum atomic E-state index is 11.5. The number of nitrogens with one attached hydrogen (secondary N) is 2. The number of rotatable bonds is 4. The number of hydrogen-bond acceptors (Lipinski definition) is 2. The predicted octanol–water partition coefficient (Wildman–Crippen LogP) is 1.68. The Balaban J connectivity index is 2.08. The summed E-state index contributed by atoms with van der Waals surface area (Å²) in [6.07, 6.45) is 4.04. The van der Waals surface area contributed by atoms with Gasteiger partial charge in [0.2, 0.25) is 5.91 Å². The molecule has 3 heteroatoms. The summed E-state index contributed by atoms with van der Waals surface area (Å²) in [5, 5.41) is 6.32. The van der Waals surface area contributed by atoms with Crippen LogP contribution in [0.1, 0.15) is 46.5 Å². The van der Waals surface area contributed by atoms with Crippen molar-refractivity contribution in [2.24, 2.45) is 5.41 Å². The Morgan fingerprint density at radius 1 is 1.47 bits per heavy atom. The Kier molecular flexibility index (Phi) is 4.58. The Morgan fingerprint density at radius 2 is 2.20 bits per heavy atom. The first kappa shape index (κ1) is 12.5. The normalized spacial score (nSPS) is 21.7. The monoisotopic (exact) mass is 212 g/mol. The molecule has 0 spiro atoms. The van der Waals surface area contributed by atoms with Crippen LogP contribution in [0.5, 0.6) is 0 Å². The number of hydrogen-bond donors (Lipinski definition) is 2. The molecule has 15 heavy (non-hydrogen) atoms. The van der Waals surface area contributed by atoms with Crippen molar-refractivity contribution in [3.63, 3.8) is 0 Å². The van der Waals surface area contributed by atoms with Gasteiger partial charge in [-0.2, -0.15) is 0 Å². The summed E-state index contributed by atoms with van der Waals surface area (Å²) in [5.74, 6) is 0.193. The molecule has 2 N–H and O–H groups in total. The van der Waals surface area contributed by atoms with Crippen molar-refractivity contribution >= 4 is 5.91 Å². The minimum atomic E-state index is 0.193. The molecule has 0 aromatic heterocycles. The lowest BCUT2D eigenvalue weighted by atomic mass is 9.92. The van der Waals surface area contributed by atoms with Crippen LogP contribution in [-0.2, 0) is 4.79 Å². The van der Waals surface area contributed by atoms with Crippen LogP contribution in [0.15, 0.2) is 0 Å². The van der Waals surface area contributed by atoms with E-state index in [1.807, 2.05) is 0 Å². The first-order chi connectivity index (χ1) is 6.97. The van der Waals surface area contributed by atoms with Crippen LogP contribution in [0.4, 0.5) is 0 Å². The van der Waals surface area contributed by atoms with E-state index in [4.69, 9.17) is 0 Å².